The summed E-state index contributed by atoms with van der Waals surface area (Å²) < 4.78 is 0. The van der Waals surface area contributed by atoms with Crippen LogP contribution >= 0.6 is 0 Å². The average Bonchev–Trinajstić information content (AvgIpc) is 2.35. The normalized spacial score (nSPS) is 12.7. The second-order valence-corrected chi connectivity index (χ2v) is 3.63. The Morgan fingerprint density at radius 3 is 2.50 bits per heavy atom. The maximum Gasteiger partial charge on any atom is 0.133 e. The van der Waals surface area contributed by atoms with Crippen molar-refractivity contribution in [1.29, 1.82) is 0 Å². The number of aliphatic imine (C=N–C) groups is 1. The molecule has 0 aliphatic carbocycles. The molecule has 3 nitrogen and oxygen atoms in total. The van der Waals surface area contributed by atoms with E-state index >= 15 is 0 Å². The highest BCUT2D eigenvalue weighted by molar-refractivity contribution is 5.99. The zero-order chi connectivity index (χ0) is 12.0. The van der Waals surface area contributed by atoms with Crippen molar-refractivity contribution < 1.29 is 0 Å². The first-order valence-electron chi connectivity index (χ1n) is 5.42. The number of amidine groups is 1. The molecule has 0 saturated carbocycles. The molecule has 0 spiro atoms. The number of likely N-dealkylation sites (N-methyl/N-ethyl adjacent to an activating group) is 1. The Kier molecular flexibility index (Phi) is 4.58. The number of hydrogen-bond acceptors (Lipinski definition) is 2. The van der Waals surface area contributed by atoms with E-state index < -0.39 is 0 Å². The van der Waals surface area contributed by atoms with Gasteiger partial charge in [0.05, 0.1) is 5.69 Å². The van der Waals surface area contributed by atoms with Gasteiger partial charge < -0.3 is 10.6 Å². The highest BCUT2D eigenvalue weighted by atomic mass is 15.2. The summed E-state index contributed by atoms with van der Waals surface area (Å²) in [6, 6.07) is 9.89. The van der Waals surface area contributed by atoms with Crippen LogP contribution in [0.1, 0.15) is 13.8 Å². The topological polar surface area (TPSA) is 41.6 Å². The van der Waals surface area contributed by atoms with E-state index in [0.717, 1.165) is 23.6 Å². The van der Waals surface area contributed by atoms with Gasteiger partial charge in [0.1, 0.15) is 5.84 Å². The molecule has 0 aliphatic heterocycles. The van der Waals surface area contributed by atoms with E-state index in [1.54, 1.807) is 6.20 Å². The molecule has 86 valence electrons. The fourth-order valence-electron chi connectivity index (χ4n) is 1.32. The zero-order valence-electron chi connectivity index (χ0n) is 10.1. The van der Waals surface area contributed by atoms with Gasteiger partial charge in [-0.3, -0.25) is 0 Å². The second-order valence-electron chi connectivity index (χ2n) is 3.63. The smallest absolute Gasteiger partial charge is 0.133 e. The van der Waals surface area contributed by atoms with Crippen molar-refractivity contribution in [3.05, 3.63) is 42.1 Å². The van der Waals surface area contributed by atoms with Gasteiger partial charge in [0.25, 0.3) is 0 Å². The fourth-order valence-corrected chi connectivity index (χ4v) is 1.32. The number of benzene rings is 1. The van der Waals surface area contributed by atoms with Crippen LogP contribution < -0.4 is 5.73 Å². The Balaban J connectivity index is 3.07. The van der Waals surface area contributed by atoms with E-state index in [0.29, 0.717) is 0 Å². The van der Waals surface area contributed by atoms with Crippen molar-refractivity contribution in [3.8, 4) is 0 Å². The lowest BCUT2D eigenvalue weighted by molar-refractivity contribution is 0.535. The third-order valence-corrected chi connectivity index (χ3v) is 2.43. The maximum atomic E-state index is 5.55. The molecule has 0 atom stereocenters. The van der Waals surface area contributed by atoms with Crippen LogP contribution in [0.5, 0.6) is 0 Å². The van der Waals surface area contributed by atoms with Crippen LogP contribution in [0.15, 0.2) is 47.1 Å². The van der Waals surface area contributed by atoms with Gasteiger partial charge in [-0.05, 0) is 26.0 Å². The predicted octanol–water partition coefficient (Wildman–Crippen LogP) is 2.53. The molecule has 0 bridgehead atoms. The quantitative estimate of drug-likeness (QED) is 0.624. The summed E-state index contributed by atoms with van der Waals surface area (Å²) in [5.74, 6) is 0.913. The highest BCUT2D eigenvalue weighted by Gasteiger charge is 2.06. The first kappa shape index (κ1) is 12.3. The fraction of sp³-hybridized carbons (Fsp3) is 0.308. The molecule has 0 fully saturated rings. The molecule has 2 N–H and O–H groups in total. The first-order valence-corrected chi connectivity index (χ1v) is 5.42. The Bertz CT molecular complexity index is 379. The molecular formula is C13H19N3. The molecule has 0 heterocycles. The first-order chi connectivity index (χ1) is 7.69. The molecule has 1 aromatic rings. The van der Waals surface area contributed by atoms with E-state index in [9.17, 15) is 0 Å². The van der Waals surface area contributed by atoms with Crippen molar-refractivity contribution in [1.82, 2.24) is 4.90 Å². The Morgan fingerprint density at radius 1 is 1.38 bits per heavy atom. The van der Waals surface area contributed by atoms with Crippen LogP contribution in [0.3, 0.4) is 0 Å². The molecule has 1 aromatic carbocycles. The summed E-state index contributed by atoms with van der Waals surface area (Å²) >= 11 is 0. The number of para-hydroxylation sites is 1. The molecule has 0 amide bonds. The Hall–Kier alpha value is -1.77. The van der Waals surface area contributed by atoms with E-state index in [1.807, 2.05) is 44.3 Å². The summed E-state index contributed by atoms with van der Waals surface area (Å²) in [5, 5.41) is 0. The third kappa shape index (κ3) is 3.12. The third-order valence-electron chi connectivity index (χ3n) is 2.43. The van der Waals surface area contributed by atoms with Gasteiger partial charge >= 0.3 is 0 Å². The monoisotopic (exact) mass is 217 g/mol. The minimum Gasteiger partial charge on any atom is -0.404 e. The molecule has 0 radical (unpaired) electrons. The molecule has 0 aromatic heterocycles. The molecule has 0 aliphatic rings. The lowest BCUT2D eigenvalue weighted by Gasteiger charge is -2.19. The standard InChI is InChI=1S/C13H19N3/c1-4-16(3)13(11(2)10-14)15-12-8-6-5-7-9-12/h5-10H,4,14H2,1-3H3/b11-10-,15-13?. The minimum atomic E-state index is 0.900. The van der Waals surface area contributed by atoms with E-state index in [4.69, 9.17) is 5.73 Å². The summed E-state index contributed by atoms with van der Waals surface area (Å²) in [7, 11) is 2.01. The maximum absolute atomic E-state index is 5.55. The molecule has 0 saturated heterocycles. The Labute approximate surface area is 97.3 Å². The SMILES string of the molecule is CCN(C)C(=Nc1ccccc1)/C(C)=C\N. The van der Waals surface area contributed by atoms with Gasteiger partial charge in [0, 0.05) is 25.4 Å². The summed E-state index contributed by atoms with van der Waals surface area (Å²) in [6.07, 6.45) is 1.59. The Morgan fingerprint density at radius 2 is 2.00 bits per heavy atom. The molecule has 3 heteroatoms. The molecule has 0 unspecified atom stereocenters. The van der Waals surface area contributed by atoms with Gasteiger partial charge in [-0.1, -0.05) is 18.2 Å². The summed E-state index contributed by atoms with van der Waals surface area (Å²) in [4.78, 5) is 6.67. The number of nitrogens with two attached hydrogens (primary N) is 1. The van der Waals surface area contributed by atoms with Crippen LogP contribution in [0.25, 0.3) is 0 Å². The lowest BCUT2D eigenvalue weighted by Crippen LogP contribution is -2.27. The van der Waals surface area contributed by atoms with Crippen molar-refractivity contribution in [2.24, 2.45) is 10.7 Å². The van der Waals surface area contributed by atoms with Gasteiger partial charge in [0.2, 0.25) is 0 Å². The summed E-state index contributed by atoms with van der Waals surface area (Å²) in [6.45, 7) is 4.95. The lowest BCUT2D eigenvalue weighted by atomic mass is 10.2. The van der Waals surface area contributed by atoms with Gasteiger partial charge in [-0.15, -0.1) is 0 Å². The molecular weight excluding hydrogens is 198 g/mol. The van der Waals surface area contributed by atoms with Gasteiger partial charge in [-0.25, -0.2) is 4.99 Å². The second kappa shape index (κ2) is 5.95. The summed E-state index contributed by atoms with van der Waals surface area (Å²) in [5.41, 5.74) is 7.47. The van der Waals surface area contributed by atoms with E-state index in [-0.39, 0.29) is 0 Å². The number of nitrogens with zero attached hydrogens (tertiary/aromatic N) is 2. The zero-order valence-corrected chi connectivity index (χ0v) is 10.1. The van der Waals surface area contributed by atoms with E-state index in [2.05, 4.69) is 16.8 Å². The van der Waals surface area contributed by atoms with Crippen molar-refractivity contribution >= 4 is 11.5 Å². The van der Waals surface area contributed by atoms with Gasteiger partial charge in [0.15, 0.2) is 0 Å². The van der Waals surface area contributed by atoms with Gasteiger partial charge in [-0.2, -0.15) is 0 Å². The predicted molar refractivity (Wildman–Crippen MR) is 69.8 cm³/mol. The molecule has 16 heavy (non-hydrogen) atoms. The largest absolute Gasteiger partial charge is 0.404 e. The van der Waals surface area contributed by atoms with Crippen molar-refractivity contribution in [3.63, 3.8) is 0 Å². The van der Waals surface area contributed by atoms with Crippen LogP contribution in [0.2, 0.25) is 0 Å². The van der Waals surface area contributed by atoms with Crippen LogP contribution in [0.4, 0.5) is 5.69 Å². The van der Waals surface area contributed by atoms with Crippen molar-refractivity contribution in [2.75, 3.05) is 13.6 Å². The highest BCUT2D eigenvalue weighted by Crippen LogP contribution is 2.13. The molecule has 1 rings (SSSR count). The minimum absolute atomic E-state index is 0.900. The number of hydrogen-bond donors (Lipinski definition) is 1. The van der Waals surface area contributed by atoms with Crippen LogP contribution in [-0.2, 0) is 0 Å². The van der Waals surface area contributed by atoms with E-state index in [1.165, 1.54) is 0 Å². The van der Waals surface area contributed by atoms with Crippen LogP contribution in [-0.4, -0.2) is 24.3 Å². The number of rotatable bonds is 3. The average molecular weight is 217 g/mol. The van der Waals surface area contributed by atoms with Crippen molar-refractivity contribution in [2.45, 2.75) is 13.8 Å². The van der Waals surface area contributed by atoms with Crippen LogP contribution in [0, 0.1) is 0 Å².